The van der Waals surface area contributed by atoms with Crippen LogP contribution in [-0.2, 0) is 19.6 Å². The molecule has 236 valence electrons. The predicted molar refractivity (Wildman–Crippen MR) is 180 cm³/mol. The maximum atomic E-state index is 14.5. The first-order chi connectivity index (χ1) is 22.9. The lowest BCUT2D eigenvalue weighted by molar-refractivity contribution is 0.0932. The molecule has 0 spiro atoms. The lowest BCUT2D eigenvalue weighted by atomic mass is 10.0. The molecule has 0 aliphatic carbocycles. The third-order valence-electron chi connectivity index (χ3n) is 8.00. The van der Waals surface area contributed by atoms with Crippen molar-refractivity contribution in [1.29, 1.82) is 0 Å². The van der Waals surface area contributed by atoms with E-state index in [2.05, 4.69) is 44.8 Å². The smallest absolute Gasteiger partial charge is 0.256 e. The van der Waals surface area contributed by atoms with Crippen LogP contribution in [-0.4, -0.2) is 38.1 Å². The van der Waals surface area contributed by atoms with Crippen LogP contribution in [0.2, 0.25) is 0 Å². The summed E-state index contributed by atoms with van der Waals surface area (Å²) >= 11 is 0. The van der Waals surface area contributed by atoms with Crippen molar-refractivity contribution in [1.82, 2.24) is 24.9 Å². The second kappa shape index (κ2) is 12.8. The highest BCUT2D eigenvalue weighted by atomic mass is 19.1. The quantitative estimate of drug-likeness (QED) is 0.197. The van der Waals surface area contributed by atoms with Crippen LogP contribution in [0, 0.1) is 5.82 Å². The Hall–Kier alpha value is -5.97. The third-order valence-corrected chi connectivity index (χ3v) is 8.00. The van der Waals surface area contributed by atoms with Crippen LogP contribution < -0.4 is 26.0 Å². The molecule has 0 saturated heterocycles. The Morgan fingerprint density at radius 2 is 1.64 bits per heavy atom. The number of nitrogens with zero attached hydrogens (tertiary/aromatic N) is 5. The maximum Gasteiger partial charge on any atom is 0.256 e. The molecule has 6 aromatic rings. The number of carbonyl (C=O) groups excluding carboxylic acids is 1. The fraction of sp³-hybridized carbons (Fsp3) is 0.167. The van der Waals surface area contributed by atoms with Gasteiger partial charge in [0.1, 0.15) is 29.1 Å². The molecule has 11 heteroatoms. The second-order valence-electron chi connectivity index (χ2n) is 11.5. The van der Waals surface area contributed by atoms with Gasteiger partial charge in [-0.2, -0.15) is 9.61 Å². The number of carbonyl (C=O) groups is 1. The summed E-state index contributed by atoms with van der Waals surface area (Å²) in [5, 5.41) is 11.2. The van der Waals surface area contributed by atoms with Gasteiger partial charge >= 0.3 is 0 Å². The number of fused-ring (bicyclic) bond motifs is 2. The van der Waals surface area contributed by atoms with E-state index in [-0.39, 0.29) is 24.9 Å². The molecule has 4 heterocycles. The zero-order valence-electron chi connectivity index (χ0n) is 25.7. The Labute approximate surface area is 271 Å². The van der Waals surface area contributed by atoms with Crippen molar-refractivity contribution < 1.29 is 13.9 Å². The van der Waals surface area contributed by atoms with E-state index in [1.54, 1.807) is 4.52 Å². The third kappa shape index (κ3) is 6.28. The number of anilines is 3. The summed E-state index contributed by atoms with van der Waals surface area (Å²) < 4.78 is 22.3. The Morgan fingerprint density at radius 3 is 2.32 bits per heavy atom. The predicted octanol–water partition coefficient (Wildman–Crippen LogP) is 5.84. The molecule has 1 amide bonds. The number of nitrogens with one attached hydrogen (secondary N) is 2. The molecule has 7 rings (SSSR count). The van der Waals surface area contributed by atoms with Crippen LogP contribution >= 0.6 is 0 Å². The van der Waals surface area contributed by atoms with Crippen LogP contribution in [0.25, 0.3) is 16.8 Å². The van der Waals surface area contributed by atoms with Gasteiger partial charge in [0, 0.05) is 30.9 Å². The van der Waals surface area contributed by atoms with E-state index < -0.39 is 11.9 Å². The molecule has 47 heavy (non-hydrogen) atoms. The number of hydrogen-bond donors (Lipinski definition) is 3. The van der Waals surface area contributed by atoms with Crippen molar-refractivity contribution in [3.63, 3.8) is 0 Å². The molecule has 0 fully saturated rings. The number of amides is 1. The van der Waals surface area contributed by atoms with Gasteiger partial charge in [-0.25, -0.2) is 14.4 Å². The zero-order chi connectivity index (χ0) is 32.3. The number of rotatable bonds is 6. The average molecular weight is 629 g/mol. The fourth-order valence-corrected chi connectivity index (χ4v) is 5.73. The summed E-state index contributed by atoms with van der Waals surface area (Å²) in [5.74, 6) is 0.626. The highest BCUT2D eigenvalue weighted by Gasteiger charge is 2.27. The van der Waals surface area contributed by atoms with Crippen molar-refractivity contribution in [3.05, 3.63) is 131 Å². The Balaban J connectivity index is 1.49. The number of nitrogens with two attached hydrogens (primary N) is 1. The number of benzene rings is 3. The molecular formula is C36H33FN8O2. The monoisotopic (exact) mass is 628 g/mol. The summed E-state index contributed by atoms with van der Waals surface area (Å²) in [6.45, 7) is 3.22. The lowest BCUT2D eigenvalue weighted by Crippen LogP contribution is -2.34. The number of halogens is 1. The van der Waals surface area contributed by atoms with Gasteiger partial charge in [-0.15, -0.1) is 0 Å². The summed E-state index contributed by atoms with van der Waals surface area (Å²) in [6.07, 6.45) is 2.22. The van der Waals surface area contributed by atoms with Gasteiger partial charge in [0.15, 0.2) is 5.65 Å². The normalized spacial score (nSPS) is 14.6. The topological polar surface area (TPSA) is 123 Å². The average Bonchev–Trinajstić information content (AvgIpc) is 3.51. The summed E-state index contributed by atoms with van der Waals surface area (Å²) in [5.41, 5.74) is 11.7. The van der Waals surface area contributed by atoms with Gasteiger partial charge in [0.05, 0.1) is 24.5 Å². The first-order valence-electron chi connectivity index (χ1n) is 15.4. The molecular weight excluding hydrogens is 595 g/mol. The Morgan fingerprint density at radius 1 is 0.957 bits per heavy atom. The first kappa shape index (κ1) is 29.7. The zero-order valence-corrected chi connectivity index (χ0v) is 25.7. The molecule has 1 aliphatic heterocycles. The van der Waals surface area contributed by atoms with Crippen LogP contribution in [0.1, 0.15) is 34.0 Å². The lowest BCUT2D eigenvalue weighted by Gasteiger charge is -2.29. The second-order valence-corrected chi connectivity index (χ2v) is 11.5. The van der Waals surface area contributed by atoms with Crippen molar-refractivity contribution in [2.45, 2.75) is 32.7 Å². The minimum absolute atomic E-state index is 0.152. The minimum Gasteiger partial charge on any atom is -0.473 e. The number of ether oxygens (including phenoxy) is 1. The summed E-state index contributed by atoms with van der Waals surface area (Å²) in [4.78, 5) is 25.1. The molecule has 3 aromatic heterocycles. The van der Waals surface area contributed by atoms with Crippen molar-refractivity contribution in [2.24, 2.45) is 0 Å². The SMILES string of the molecule is C[C@H]1CNC(=O)c2cnn3c(N(Cc4ccccc4)Cc4ccccc4)c(-c4ccc(N)cc4)c(nc23)NCc2cc(F)cnc2O1. The van der Waals surface area contributed by atoms with E-state index in [1.807, 2.05) is 67.6 Å². The van der Waals surface area contributed by atoms with Crippen LogP contribution in [0.3, 0.4) is 0 Å². The molecule has 2 bridgehead atoms. The number of hydrogen-bond acceptors (Lipinski definition) is 8. The molecule has 1 aliphatic rings. The molecule has 0 saturated carbocycles. The van der Waals surface area contributed by atoms with E-state index in [1.165, 1.54) is 12.3 Å². The molecule has 0 unspecified atom stereocenters. The van der Waals surface area contributed by atoms with Crippen molar-refractivity contribution in [2.75, 3.05) is 22.5 Å². The van der Waals surface area contributed by atoms with Crippen LogP contribution in [0.4, 0.5) is 21.7 Å². The molecule has 0 radical (unpaired) electrons. The molecule has 4 N–H and O–H groups in total. The van der Waals surface area contributed by atoms with E-state index in [0.717, 1.165) is 28.5 Å². The van der Waals surface area contributed by atoms with Crippen molar-refractivity contribution in [3.8, 4) is 17.0 Å². The van der Waals surface area contributed by atoms with Gasteiger partial charge in [-0.1, -0.05) is 72.8 Å². The summed E-state index contributed by atoms with van der Waals surface area (Å²) in [6, 6.07) is 29.3. The fourth-order valence-electron chi connectivity index (χ4n) is 5.73. The van der Waals surface area contributed by atoms with Crippen molar-refractivity contribution >= 4 is 28.9 Å². The van der Waals surface area contributed by atoms with E-state index in [4.69, 9.17) is 20.6 Å². The van der Waals surface area contributed by atoms with Gasteiger partial charge in [0.2, 0.25) is 5.88 Å². The molecule has 10 nitrogen and oxygen atoms in total. The van der Waals surface area contributed by atoms with Gasteiger partial charge in [0.25, 0.3) is 5.91 Å². The van der Waals surface area contributed by atoms with Gasteiger partial charge in [-0.3, -0.25) is 4.79 Å². The Bertz CT molecular complexity index is 1990. The molecule has 1 atom stereocenters. The molecule has 3 aromatic carbocycles. The van der Waals surface area contributed by atoms with Gasteiger partial charge < -0.3 is 26.0 Å². The summed E-state index contributed by atoms with van der Waals surface area (Å²) in [7, 11) is 0. The highest BCUT2D eigenvalue weighted by molar-refractivity contribution is 6.01. The first-order valence-corrected chi connectivity index (χ1v) is 15.4. The van der Waals surface area contributed by atoms with Crippen LogP contribution in [0.15, 0.2) is 103 Å². The maximum absolute atomic E-state index is 14.5. The minimum atomic E-state index is -0.489. The van der Waals surface area contributed by atoms with Gasteiger partial charge in [-0.05, 0) is 41.8 Å². The van der Waals surface area contributed by atoms with E-state index in [0.29, 0.717) is 47.2 Å². The Kier molecular flexibility index (Phi) is 8.09. The number of nitrogen functional groups attached to an aromatic ring is 1. The number of aromatic nitrogens is 4. The largest absolute Gasteiger partial charge is 0.473 e. The highest BCUT2D eigenvalue weighted by Crippen LogP contribution is 2.40. The van der Waals surface area contributed by atoms with E-state index in [9.17, 15) is 9.18 Å². The number of pyridine rings is 1. The van der Waals surface area contributed by atoms with E-state index >= 15 is 0 Å². The van der Waals surface area contributed by atoms with Crippen LogP contribution in [0.5, 0.6) is 5.88 Å². The standard InChI is InChI=1S/C36H33FN8O2/c1-23-17-40-34(46)30-20-42-45-33(30)43-32(39-18-27-16-28(37)19-41-35(27)47-23)31(26-12-14-29(38)15-13-26)36(45)44(21-24-8-4-2-5-9-24)22-25-10-6-3-7-11-25/h2-16,19-20,23H,17-18,21-22,38H2,1H3,(H,39,43)(H,40,46)/t23-/m0/s1.